The molecule has 1 aromatic rings. The molecule has 1 atom stereocenters. The molecule has 9 heteroatoms. The summed E-state index contributed by atoms with van der Waals surface area (Å²) in [4.78, 5) is 45.5. The molecule has 0 aliphatic carbocycles. The highest BCUT2D eigenvalue weighted by Crippen LogP contribution is 2.05. The van der Waals surface area contributed by atoms with E-state index in [0.29, 0.717) is 25.8 Å². The first-order valence-corrected chi connectivity index (χ1v) is 8.96. The van der Waals surface area contributed by atoms with E-state index in [-0.39, 0.29) is 25.4 Å². The molecule has 0 fully saturated rings. The number of amides is 2. The number of methoxy groups -OCH3 is 1. The number of hydrogen-bond donors (Lipinski definition) is 3. The lowest BCUT2D eigenvalue weighted by molar-refractivity contribution is -0.143. The van der Waals surface area contributed by atoms with Gasteiger partial charge in [-0.2, -0.15) is 0 Å². The average Bonchev–Trinajstić information content (AvgIpc) is 2.69. The second-order valence-electron chi connectivity index (χ2n) is 6.02. The summed E-state index contributed by atoms with van der Waals surface area (Å²) in [6.45, 7) is 0.438. The maximum absolute atomic E-state index is 11.9. The third kappa shape index (κ3) is 10.1. The zero-order valence-corrected chi connectivity index (χ0v) is 15.8. The van der Waals surface area contributed by atoms with E-state index < -0.39 is 24.1 Å². The minimum Gasteiger partial charge on any atom is -0.481 e. The van der Waals surface area contributed by atoms with E-state index in [1.54, 1.807) is 0 Å². The zero-order chi connectivity index (χ0) is 20.8. The van der Waals surface area contributed by atoms with Crippen LogP contribution >= 0.6 is 0 Å². The molecule has 0 aromatic heterocycles. The van der Waals surface area contributed by atoms with Crippen LogP contribution in [0.3, 0.4) is 0 Å². The van der Waals surface area contributed by atoms with Crippen LogP contribution in [0.4, 0.5) is 4.79 Å². The molecule has 2 amide bonds. The van der Waals surface area contributed by atoms with E-state index in [9.17, 15) is 19.2 Å². The van der Waals surface area contributed by atoms with Crippen LogP contribution in [0.1, 0.15) is 37.7 Å². The summed E-state index contributed by atoms with van der Waals surface area (Å²) in [6, 6.07) is 8.29. The van der Waals surface area contributed by atoms with Crippen molar-refractivity contribution < 1.29 is 33.8 Å². The minimum absolute atomic E-state index is 0.0745. The van der Waals surface area contributed by atoms with Crippen LogP contribution in [-0.4, -0.2) is 48.7 Å². The number of esters is 1. The first-order chi connectivity index (χ1) is 13.4. The molecule has 1 rings (SSSR count). The number of aliphatic carboxylic acids is 1. The van der Waals surface area contributed by atoms with E-state index in [1.807, 2.05) is 30.3 Å². The topological polar surface area (TPSA) is 131 Å². The molecule has 0 unspecified atom stereocenters. The Kier molecular flexibility index (Phi) is 10.8. The first-order valence-electron chi connectivity index (χ1n) is 8.96. The van der Waals surface area contributed by atoms with Gasteiger partial charge in [0.2, 0.25) is 5.91 Å². The molecule has 0 radical (unpaired) electrons. The van der Waals surface area contributed by atoms with Crippen molar-refractivity contribution in [2.75, 3.05) is 13.7 Å². The van der Waals surface area contributed by atoms with Gasteiger partial charge < -0.3 is 25.2 Å². The normalized spacial score (nSPS) is 11.2. The molecular weight excluding hydrogens is 368 g/mol. The Labute approximate surface area is 163 Å². The SMILES string of the molecule is COC(=O)[C@H](CCCCNC(=O)CCC(=O)O)NC(=O)OCc1ccccc1. The Morgan fingerprint density at radius 2 is 1.79 bits per heavy atom. The number of carboxylic acids is 1. The molecule has 0 heterocycles. The molecule has 0 bridgehead atoms. The lowest BCUT2D eigenvalue weighted by Gasteiger charge is -2.16. The van der Waals surface area contributed by atoms with Gasteiger partial charge in [0, 0.05) is 13.0 Å². The Bertz CT molecular complexity index is 649. The number of nitrogens with one attached hydrogen (secondary N) is 2. The lowest BCUT2D eigenvalue weighted by atomic mass is 10.1. The van der Waals surface area contributed by atoms with Gasteiger partial charge >= 0.3 is 18.0 Å². The first kappa shape index (κ1) is 22.9. The van der Waals surface area contributed by atoms with Crippen molar-refractivity contribution in [3.63, 3.8) is 0 Å². The summed E-state index contributed by atoms with van der Waals surface area (Å²) in [5.41, 5.74) is 0.825. The Morgan fingerprint density at radius 1 is 1.07 bits per heavy atom. The number of alkyl carbamates (subject to hydrolysis) is 1. The summed E-state index contributed by atoms with van der Waals surface area (Å²) < 4.78 is 9.79. The van der Waals surface area contributed by atoms with Gasteiger partial charge in [-0.15, -0.1) is 0 Å². The van der Waals surface area contributed by atoms with E-state index in [4.69, 9.17) is 14.6 Å². The van der Waals surface area contributed by atoms with Crippen LogP contribution in [0.2, 0.25) is 0 Å². The van der Waals surface area contributed by atoms with Crippen molar-refractivity contribution in [2.24, 2.45) is 0 Å². The third-order valence-corrected chi connectivity index (χ3v) is 3.80. The minimum atomic E-state index is -1.03. The largest absolute Gasteiger partial charge is 0.481 e. The molecule has 154 valence electrons. The summed E-state index contributed by atoms with van der Waals surface area (Å²) in [6.07, 6.45) is 0.407. The average molecular weight is 394 g/mol. The number of benzene rings is 1. The fourth-order valence-electron chi connectivity index (χ4n) is 2.31. The fourth-order valence-corrected chi connectivity index (χ4v) is 2.31. The van der Waals surface area contributed by atoms with Gasteiger partial charge in [0.25, 0.3) is 0 Å². The van der Waals surface area contributed by atoms with Gasteiger partial charge in [0.1, 0.15) is 12.6 Å². The molecule has 0 aliphatic rings. The van der Waals surface area contributed by atoms with Gasteiger partial charge in [0.05, 0.1) is 13.5 Å². The molecule has 0 spiro atoms. The van der Waals surface area contributed by atoms with Crippen molar-refractivity contribution >= 4 is 23.9 Å². The summed E-state index contributed by atoms with van der Waals surface area (Å²) >= 11 is 0. The number of ether oxygens (including phenoxy) is 2. The molecular formula is C19H26N2O7. The van der Waals surface area contributed by atoms with E-state index in [1.165, 1.54) is 7.11 Å². The van der Waals surface area contributed by atoms with Crippen molar-refractivity contribution in [3.05, 3.63) is 35.9 Å². The van der Waals surface area contributed by atoms with Crippen molar-refractivity contribution in [1.29, 1.82) is 0 Å². The lowest BCUT2D eigenvalue weighted by Crippen LogP contribution is -2.41. The van der Waals surface area contributed by atoms with Crippen LogP contribution in [-0.2, 0) is 30.5 Å². The second kappa shape index (κ2) is 13.1. The van der Waals surface area contributed by atoms with Crippen LogP contribution < -0.4 is 10.6 Å². The van der Waals surface area contributed by atoms with Gasteiger partial charge in [0.15, 0.2) is 0 Å². The molecule has 28 heavy (non-hydrogen) atoms. The quantitative estimate of drug-likeness (QED) is 0.362. The smallest absolute Gasteiger partial charge is 0.408 e. The Morgan fingerprint density at radius 3 is 2.43 bits per heavy atom. The van der Waals surface area contributed by atoms with Gasteiger partial charge in [-0.25, -0.2) is 9.59 Å². The summed E-state index contributed by atoms with van der Waals surface area (Å²) in [5.74, 6) is -1.95. The highest BCUT2D eigenvalue weighted by molar-refractivity contribution is 5.81. The third-order valence-electron chi connectivity index (χ3n) is 3.80. The maximum atomic E-state index is 11.9. The van der Waals surface area contributed by atoms with Crippen molar-refractivity contribution in [3.8, 4) is 0 Å². The standard InChI is InChI=1S/C19H26N2O7/c1-27-18(25)15(9-5-6-12-20-16(22)10-11-17(23)24)21-19(26)28-13-14-7-3-2-4-8-14/h2-4,7-8,15H,5-6,9-13H2,1H3,(H,20,22)(H,21,26)(H,23,24)/t15-/m0/s1. The van der Waals surface area contributed by atoms with E-state index in [0.717, 1.165) is 5.56 Å². The monoisotopic (exact) mass is 394 g/mol. The highest BCUT2D eigenvalue weighted by Gasteiger charge is 2.21. The number of carboxylic acid groups (broad SMARTS) is 1. The van der Waals surface area contributed by atoms with Gasteiger partial charge in [-0.05, 0) is 24.8 Å². The number of rotatable bonds is 12. The number of carbonyl (C=O) groups is 4. The maximum Gasteiger partial charge on any atom is 0.408 e. The fraction of sp³-hybridized carbons (Fsp3) is 0.474. The highest BCUT2D eigenvalue weighted by atomic mass is 16.6. The van der Waals surface area contributed by atoms with Gasteiger partial charge in [-0.3, -0.25) is 9.59 Å². The molecule has 0 aliphatic heterocycles. The zero-order valence-electron chi connectivity index (χ0n) is 15.8. The number of hydrogen-bond acceptors (Lipinski definition) is 6. The molecule has 3 N–H and O–H groups in total. The van der Waals surface area contributed by atoms with E-state index in [2.05, 4.69) is 10.6 Å². The number of unbranched alkanes of at least 4 members (excludes halogenated alkanes) is 1. The summed E-state index contributed by atoms with van der Waals surface area (Å²) in [5, 5.41) is 13.6. The van der Waals surface area contributed by atoms with Crippen molar-refractivity contribution in [1.82, 2.24) is 10.6 Å². The second-order valence-corrected chi connectivity index (χ2v) is 6.02. The van der Waals surface area contributed by atoms with Crippen LogP contribution in [0.5, 0.6) is 0 Å². The predicted octanol–water partition coefficient (Wildman–Crippen LogP) is 1.61. The molecule has 0 saturated heterocycles. The van der Waals surface area contributed by atoms with Gasteiger partial charge in [-0.1, -0.05) is 30.3 Å². The van der Waals surface area contributed by atoms with Crippen LogP contribution in [0, 0.1) is 0 Å². The molecule has 0 saturated carbocycles. The predicted molar refractivity (Wildman–Crippen MR) is 99.3 cm³/mol. The Balaban J connectivity index is 2.30. The number of carbonyl (C=O) groups excluding carboxylic acids is 3. The molecule has 9 nitrogen and oxygen atoms in total. The molecule has 1 aromatic carbocycles. The summed E-state index contributed by atoms with van der Waals surface area (Å²) in [7, 11) is 1.23. The van der Waals surface area contributed by atoms with Crippen molar-refractivity contribution in [2.45, 2.75) is 44.8 Å². The Hall–Kier alpha value is -3.10. The van der Waals surface area contributed by atoms with E-state index >= 15 is 0 Å². The van der Waals surface area contributed by atoms with Crippen LogP contribution in [0.25, 0.3) is 0 Å². The van der Waals surface area contributed by atoms with Crippen LogP contribution in [0.15, 0.2) is 30.3 Å².